The third-order valence-electron chi connectivity index (χ3n) is 4.72. The van der Waals surface area contributed by atoms with Gasteiger partial charge < -0.3 is 20.1 Å². The van der Waals surface area contributed by atoms with E-state index in [1.807, 2.05) is 24.3 Å². The molecule has 7 heteroatoms. The van der Waals surface area contributed by atoms with Crippen LogP contribution in [0, 0.1) is 5.82 Å². The summed E-state index contributed by atoms with van der Waals surface area (Å²) in [4.78, 5) is 27.2. The van der Waals surface area contributed by atoms with Gasteiger partial charge in [-0.25, -0.2) is 9.18 Å². The first-order chi connectivity index (χ1) is 13.0. The molecule has 2 heterocycles. The zero-order chi connectivity index (χ0) is 19.0. The lowest BCUT2D eigenvalue weighted by molar-refractivity contribution is -0.142. The fraction of sp³-hybridized carbons (Fsp3) is 0.200. The minimum Gasteiger partial charge on any atom is -0.480 e. The first kappa shape index (κ1) is 17.1. The normalized spacial score (nSPS) is 16.6. The Labute approximate surface area is 154 Å². The van der Waals surface area contributed by atoms with E-state index in [1.165, 1.54) is 6.07 Å². The molecule has 0 saturated heterocycles. The number of benzene rings is 2. The van der Waals surface area contributed by atoms with Crippen LogP contribution in [-0.4, -0.2) is 34.1 Å². The molecule has 1 aliphatic heterocycles. The second-order valence-electron chi connectivity index (χ2n) is 6.50. The topological polar surface area (TPSA) is 91.4 Å². The number of carbonyl (C=O) groups excluding carboxylic acids is 1. The molecule has 0 saturated carbocycles. The number of amides is 1. The standard InChI is InChI=1S/C20H17FN2O4/c21-14-6-3-4-11-9-17(27-18(11)14)19(24)23-16(20(25)26)8-12-10-22-15-7-2-1-5-13(12)15/h1-7,10,16-17,22H,8-9H2,(H,23,24)(H,25,26). The van der Waals surface area contributed by atoms with Gasteiger partial charge in [0.05, 0.1) is 0 Å². The molecule has 3 aromatic rings. The monoisotopic (exact) mass is 368 g/mol. The van der Waals surface area contributed by atoms with Crippen molar-refractivity contribution in [3.05, 3.63) is 65.6 Å². The number of hydrogen-bond acceptors (Lipinski definition) is 3. The number of halogens is 1. The van der Waals surface area contributed by atoms with Gasteiger partial charge in [-0.3, -0.25) is 4.79 Å². The van der Waals surface area contributed by atoms with Crippen molar-refractivity contribution < 1.29 is 23.8 Å². The van der Waals surface area contributed by atoms with Crippen LogP contribution in [0.15, 0.2) is 48.7 Å². The molecule has 2 aromatic carbocycles. The third-order valence-corrected chi connectivity index (χ3v) is 4.72. The van der Waals surface area contributed by atoms with Crippen LogP contribution < -0.4 is 10.1 Å². The second-order valence-corrected chi connectivity index (χ2v) is 6.50. The number of nitrogens with one attached hydrogen (secondary N) is 2. The molecule has 2 atom stereocenters. The van der Waals surface area contributed by atoms with E-state index in [0.29, 0.717) is 5.56 Å². The molecule has 0 spiro atoms. The molecule has 4 rings (SSSR count). The zero-order valence-electron chi connectivity index (χ0n) is 14.2. The van der Waals surface area contributed by atoms with Gasteiger partial charge in [-0.15, -0.1) is 0 Å². The maximum atomic E-state index is 13.8. The Balaban J connectivity index is 1.48. The van der Waals surface area contributed by atoms with E-state index in [0.717, 1.165) is 16.5 Å². The molecule has 0 fully saturated rings. The maximum absolute atomic E-state index is 13.8. The number of carboxylic acid groups (broad SMARTS) is 1. The van der Waals surface area contributed by atoms with E-state index in [1.54, 1.807) is 18.3 Å². The fourth-order valence-corrected chi connectivity index (χ4v) is 3.36. The van der Waals surface area contributed by atoms with Crippen molar-refractivity contribution in [2.75, 3.05) is 0 Å². The van der Waals surface area contributed by atoms with Crippen molar-refractivity contribution in [3.8, 4) is 5.75 Å². The summed E-state index contributed by atoms with van der Waals surface area (Å²) in [6, 6.07) is 10.9. The van der Waals surface area contributed by atoms with Crippen LogP contribution in [-0.2, 0) is 22.4 Å². The van der Waals surface area contributed by atoms with Crippen LogP contribution in [0.5, 0.6) is 5.75 Å². The Kier molecular flexibility index (Phi) is 4.27. The van der Waals surface area contributed by atoms with Crippen LogP contribution in [0.4, 0.5) is 4.39 Å². The summed E-state index contributed by atoms with van der Waals surface area (Å²) < 4.78 is 19.2. The lowest BCUT2D eigenvalue weighted by Gasteiger charge is -2.17. The van der Waals surface area contributed by atoms with Gasteiger partial charge >= 0.3 is 5.97 Å². The molecule has 0 aliphatic carbocycles. The molecule has 0 radical (unpaired) electrons. The van der Waals surface area contributed by atoms with E-state index >= 15 is 0 Å². The number of carboxylic acids is 1. The average Bonchev–Trinajstić information content (AvgIpc) is 3.26. The molecule has 6 nitrogen and oxygen atoms in total. The number of para-hydroxylation sites is 2. The van der Waals surface area contributed by atoms with Gasteiger partial charge in [0.1, 0.15) is 6.04 Å². The number of fused-ring (bicyclic) bond motifs is 2. The molecule has 3 N–H and O–H groups in total. The number of carbonyl (C=O) groups is 2. The number of hydrogen-bond donors (Lipinski definition) is 3. The summed E-state index contributed by atoms with van der Waals surface area (Å²) in [5, 5.41) is 13.0. The molecule has 1 amide bonds. The van der Waals surface area contributed by atoms with Gasteiger partial charge in [0, 0.05) is 35.5 Å². The van der Waals surface area contributed by atoms with Gasteiger partial charge in [0.2, 0.25) is 0 Å². The predicted octanol–water partition coefficient (Wildman–Crippen LogP) is 2.42. The van der Waals surface area contributed by atoms with E-state index in [-0.39, 0.29) is 18.6 Å². The summed E-state index contributed by atoms with van der Waals surface area (Å²) in [5.41, 5.74) is 2.28. The van der Waals surface area contributed by atoms with Crippen LogP contribution in [0.1, 0.15) is 11.1 Å². The van der Waals surface area contributed by atoms with Crippen molar-refractivity contribution in [2.24, 2.45) is 0 Å². The summed E-state index contributed by atoms with van der Waals surface area (Å²) in [6.45, 7) is 0. The quantitative estimate of drug-likeness (QED) is 0.645. The van der Waals surface area contributed by atoms with Crippen LogP contribution in [0.25, 0.3) is 10.9 Å². The highest BCUT2D eigenvalue weighted by molar-refractivity contribution is 5.89. The largest absolute Gasteiger partial charge is 0.480 e. The van der Waals surface area contributed by atoms with Crippen molar-refractivity contribution in [1.29, 1.82) is 0 Å². The molecule has 138 valence electrons. The number of aliphatic carboxylic acids is 1. The minimum atomic E-state index is -1.14. The summed E-state index contributed by atoms with van der Waals surface area (Å²) in [5.74, 6) is -2.19. The van der Waals surface area contributed by atoms with Crippen LogP contribution >= 0.6 is 0 Å². The molecular weight excluding hydrogens is 351 g/mol. The summed E-state index contributed by atoms with van der Waals surface area (Å²) in [7, 11) is 0. The minimum absolute atomic E-state index is 0.0566. The number of ether oxygens (including phenoxy) is 1. The molecule has 1 aliphatic rings. The third kappa shape index (κ3) is 3.23. The molecular formula is C20H17FN2O4. The molecule has 1 aromatic heterocycles. The maximum Gasteiger partial charge on any atom is 0.326 e. The van der Waals surface area contributed by atoms with Crippen molar-refractivity contribution in [3.63, 3.8) is 0 Å². The highest BCUT2D eigenvalue weighted by atomic mass is 19.1. The lowest BCUT2D eigenvalue weighted by atomic mass is 10.0. The van der Waals surface area contributed by atoms with Gasteiger partial charge in [-0.05, 0) is 17.7 Å². The number of H-pyrrole nitrogens is 1. The lowest BCUT2D eigenvalue weighted by Crippen LogP contribution is -2.47. The summed E-state index contributed by atoms with van der Waals surface area (Å²) in [6.07, 6.45) is 1.13. The van der Waals surface area contributed by atoms with E-state index in [9.17, 15) is 19.1 Å². The molecule has 27 heavy (non-hydrogen) atoms. The van der Waals surface area contributed by atoms with Gasteiger partial charge in [0.25, 0.3) is 5.91 Å². The second kappa shape index (κ2) is 6.75. The Bertz CT molecular complexity index is 1030. The number of aromatic nitrogens is 1. The molecule has 0 bridgehead atoms. The van der Waals surface area contributed by atoms with E-state index < -0.39 is 29.8 Å². The van der Waals surface area contributed by atoms with E-state index in [2.05, 4.69) is 10.3 Å². The Morgan fingerprint density at radius 3 is 2.85 bits per heavy atom. The van der Waals surface area contributed by atoms with Crippen molar-refractivity contribution in [1.82, 2.24) is 10.3 Å². The zero-order valence-corrected chi connectivity index (χ0v) is 14.2. The Morgan fingerprint density at radius 2 is 2.07 bits per heavy atom. The highest BCUT2D eigenvalue weighted by Crippen LogP contribution is 2.31. The SMILES string of the molecule is O=C(O)C(Cc1c[nH]c2ccccc12)NC(=O)C1Cc2cccc(F)c2O1. The van der Waals surface area contributed by atoms with Crippen LogP contribution in [0.2, 0.25) is 0 Å². The van der Waals surface area contributed by atoms with Gasteiger partial charge in [0.15, 0.2) is 17.7 Å². The van der Waals surface area contributed by atoms with Gasteiger partial charge in [-0.1, -0.05) is 30.3 Å². The van der Waals surface area contributed by atoms with Gasteiger partial charge in [-0.2, -0.15) is 0 Å². The van der Waals surface area contributed by atoms with Crippen LogP contribution in [0.3, 0.4) is 0 Å². The number of rotatable bonds is 5. The Hall–Kier alpha value is -3.35. The van der Waals surface area contributed by atoms with Crippen molar-refractivity contribution in [2.45, 2.75) is 25.0 Å². The predicted molar refractivity (Wildman–Crippen MR) is 96.1 cm³/mol. The number of aromatic amines is 1. The first-order valence-corrected chi connectivity index (χ1v) is 8.55. The highest BCUT2D eigenvalue weighted by Gasteiger charge is 2.33. The average molecular weight is 368 g/mol. The first-order valence-electron chi connectivity index (χ1n) is 8.55. The summed E-state index contributed by atoms with van der Waals surface area (Å²) >= 11 is 0. The molecule has 2 unspecified atom stereocenters. The van der Waals surface area contributed by atoms with E-state index in [4.69, 9.17) is 4.74 Å². The fourth-order valence-electron chi connectivity index (χ4n) is 3.36. The van der Waals surface area contributed by atoms with Crippen molar-refractivity contribution >= 4 is 22.8 Å². The Morgan fingerprint density at radius 1 is 1.26 bits per heavy atom. The smallest absolute Gasteiger partial charge is 0.326 e.